The number of carbonyl (C=O) groups excluding carboxylic acids is 1. The van der Waals surface area contributed by atoms with E-state index in [1.54, 1.807) is 11.8 Å². The number of fused-ring (bicyclic) bond motifs is 3. The maximum atomic E-state index is 12.1. The molecular weight excluding hydrogens is 438 g/mol. The number of aromatic nitrogens is 3. The van der Waals surface area contributed by atoms with E-state index in [2.05, 4.69) is 26.3 Å². The number of para-hydroxylation sites is 1. The second-order valence-corrected chi connectivity index (χ2v) is 8.56. The molecule has 2 N–H and O–H groups in total. The van der Waals surface area contributed by atoms with Crippen LogP contribution in [0.4, 0.5) is 22.1 Å². The average molecular weight is 466 g/mol. The van der Waals surface area contributed by atoms with Crippen molar-refractivity contribution in [3.8, 4) is 0 Å². The fourth-order valence-corrected chi connectivity index (χ4v) is 4.86. The molecule has 11 nitrogen and oxygen atoms in total. The molecule has 1 amide bonds. The van der Waals surface area contributed by atoms with E-state index in [4.69, 9.17) is 4.74 Å². The third-order valence-electron chi connectivity index (χ3n) is 6.53. The monoisotopic (exact) mass is 465 g/mol. The number of nitrogens with zero attached hydrogens (tertiary/aromatic N) is 5. The van der Waals surface area contributed by atoms with E-state index >= 15 is 0 Å². The van der Waals surface area contributed by atoms with Crippen LogP contribution in [0.15, 0.2) is 30.6 Å². The van der Waals surface area contributed by atoms with Gasteiger partial charge in [0, 0.05) is 42.3 Å². The number of amides is 1. The molecule has 3 aromatic rings. The van der Waals surface area contributed by atoms with Crippen LogP contribution < -0.4 is 10.2 Å². The van der Waals surface area contributed by atoms with Gasteiger partial charge in [-0.15, -0.1) is 0 Å². The average Bonchev–Trinajstić information content (AvgIpc) is 3.22. The van der Waals surface area contributed by atoms with Crippen molar-refractivity contribution < 1.29 is 14.5 Å². The summed E-state index contributed by atoms with van der Waals surface area (Å²) in [5, 5.41) is 16.5. The number of hydrogen-bond acceptors (Lipinski definition) is 8. The number of H-pyrrole nitrogens is 1. The summed E-state index contributed by atoms with van der Waals surface area (Å²) in [4.78, 5) is 39.2. The second-order valence-electron chi connectivity index (χ2n) is 8.56. The third kappa shape index (κ3) is 4.09. The van der Waals surface area contributed by atoms with E-state index < -0.39 is 4.92 Å². The van der Waals surface area contributed by atoms with Gasteiger partial charge in [0.2, 0.25) is 11.6 Å². The van der Waals surface area contributed by atoms with Crippen LogP contribution in [-0.4, -0.2) is 63.2 Å². The summed E-state index contributed by atoms with van der Waals surface area (Å²) >= 11 is 0. The van der Waals surface area contributed by atoms with Crippen LogP contribution in [0.2, 0.25) is 0 Å². The summed E-state index contributed by atoms with van der Waals surface area (Å²) < 4.78 is 5.06. The Morgan fingerprint density at radius 1 is 1.26 bits per heavy atom. The van der Waals surface area contributed by atoms with Crippen LogP contribution in [0.3, 0.4) is 0 Å². The predicted octanol–water partition coefficient (Wildman–Crippen LogP) is 3.46. The number of ether oxygens (including phenoxy) is 1. The summed E-state index contributed by atoms with van der Waals surface area (Å²) in [6.07, 6.45) is 3.13. The first kappa shape index (κ1) is 21.9. The Hall–Kier alpha value is -3.89. The number of benzene rings is 1. The highest BCUT2D eigenvalue weighted by molar-refractivity contribution is 5.85. The quantitative estimate of drug-likeness (QED) is 0.433. The van der Waals surface area contributed by atoms with Gasteiger partial charge in [0.15, 0.2) is 0 Å². The molecule has 1 fully saturated rings. The summed E-state index contributed by atoms with van der Waals surface area (Å²) in [6, 6.07) is 8.12. The van der Waals surface area contributed by atoms with Crippen LogP contribution in [0.1, 0.15) is 31.0 Å². The first-order valence-corrected chi connectivity index (χ1v) is 11.6. The van der Waals surface area contributed by atoms with Gasteiger partial charge >= 0.3 is 11.8 Å². The number of anilines is 2. The van der Waals surface area contributed by atoms with Gasteiger partial charge in [-0.05, 0) is 37.8 Å². The lowest BCUT2D eigenvalue weighted by Crippen LogP contribution is -2.42. The fraction of sp³-hybridized carbons (Fsp3) is 0.435. The van der Waals surface area contributed by atoms with Gasteiger partial charge in [-0.1, -0.05) is 18.2 Å². The van der Waals surface area contributed by atoms with Gasteiger partial charge < -0.3 is 24.8 Å². The largest absolute Gasteiger partial charge is 0.450 e. The summed E-state index contributed by atoms with van der Waals surface area (Å²) in [5.41, 5.74) is 3.27. The molecule has 0 atom stereocenters. The van der Waals surface area contributed by atoms with Crippen molar-refractivity contribution in [3.63, 3.8) is 0 Å². The van der Waals surface area contributed by atoms with Crippen molar-refractivity contribution in [1.29, 1.82) is 0 Å². The van der Waals surface area contributed by atoms with E-state index in [0.29, 0.717) is 51.4 Å². The zero-order valence-electron chi connectivity index (χ0n) is 19.0. The first-order valence-electron chi connectivity index (χ1n) is 11.6. The van der Waals surface area contributed by atoms with Crippen LogP contribution in [0.25, 0.3) is 10.9 Å². The first-order chi connectivity index (χ1) is 16.5. The molecule has 0 radical (unpaired) electrons. The van der Waals surface area contributed by atoms with Crippen molar-refractivity contribution in [1.82, 2.24) is 19.9 Å². The fourth-order valence-electron chi connectivity index (χ4n) is 4.86. The minimum absolute atomic E-state index is 0.0335. The van der Waals surface area contributed by atoms with Gasteiger partial charge in [-0.2, -0.15) is 0 Å². The minimum Gasteiger partial charge on any atom is -0.450 e. The van der Waals surface area contributed by atoms with Gasteiger partial charge in [-0.3, -0.25) is 10.1 Å². The van der Waals surface area contributed by atoms with Gasteiger partial charge in [0.1, 0.15) is 6.33 Å². The molecule has 34 heavy (non-hydrogen) atoms. The molecular formula is C23H27N7O4. The number of hydrogen-bond donors (Lipinski definition) is 2. The Labute approximate surface area is 196 Å². The van der Waals surface area contributed by atoms with E-state index in [0.717, 1.165) is 17.6 Å². The predicted molar refractivity (Wildman–Crippen MR) is 127 cm³/mol. The molecule has 4 heterocycles. The lowest BCUT2D eigenvalue weighted by Gasteiger charge is -2.32. The Morgan fingerprint density at radius 2 is 2.06 bits per heavy atom. The maximum Gasteiger partial charge on any atom is 0.409 e. The Balaban J connectivity index is 1.35. The van der Waals surface area contributed by atoms with Crippen LogP contribution in [-0.2, 0) is 17.7 Å². The molecule has 5 rings (SSSR count). The minimum atomic E-state index is -0.411. The molecule has 1 saturated heterocycles. The standard InChI is InChI=1S/C23H27N7O4/c1-2-34-23(31)28-10-7-15(8-11-28)26-21-20(30(32)33)22(25-14-24-21)29-12-9-17-16-5-3-4-6-18(16)27-19(17)13-29/h3-6,14-15,27H,2,7-13H2,1H3,(H,24,25,26). The topological polar surface area (TPSA) is 130 Å². The molecule has 2 aliphatic heterocycles. The number of piperidine rings is 1. The number of rotatable bonds is 5. The van der Waals surface area contributed by atoms with Crippen molar-refractivity contribution in [3.05, 3.63) is 52.0 Å². The number of likely N-dealkylation sites (tertiary alicyclic amines) is 1. The highest BCUT2D eigenvalue weighted by Gasteiger charge is 2.32. The summed E-state index contributed by atoms with van der Waals surface area (Å²) in [7, 11) is 0. The molecule has 1 aromatic carbocycles. The SMILES string of the molecule is CCOC(=O)N1CCC(Nc2ncnc(N3CCc4c([nH]c5ccccc45)C3)c2[N+](=O)[O-])CC1. The molecule has 0 unspecified atom stereocenters. The highest BCUT2D eigenvalue weighted by atomic mass is 16.6. The van der Waals surface area contributed by atoms with Gasteiger partial charge in [0.05, 0.1) is 18.1 Å². The second kappa shape index (κ2) is 9.16. The number of nitrogens with one attached hydrogen (secondary N) is 2. The molecule has 0 bridgehead atoms. The normalized spacial score (nSPS) is 16.4. The molecule has 0 spiro atoms. The van der Waals surface area contributed by atoms with Crippen LogP contribution >= 0.6 is 0 Å². The molecule has 11 heteroatoms. The Morgan fingerprint density at radius 3 is 2.82 bits per heavy atom. The number of nitro groups is 1. The Kier molecular flexibility index (Phi) is 5.91. The lowest BCUT2D eigenvalue weighted by atomic mass is 10.0. The van der Waals surface area contributed by atoms with E-state index in [-0.39, 0.29) is 23.6 Å². The maximum absolute atomic E-state index is 12.1. The number of aromatic amines is 1. The van der Waals surface area contributed by atoms with Gasteiger partial charge in [-0.25, -0.2) is 14.8 Å². The lowest BCUT2D eigenvalue weighted by molar-refractivity contribution is -0.383. The molecule has 2 aromatic heterocycles. The van der Waals surface area contributed by atoms with Gasteiger partial charge in [0.25, 0.3) is 0 Å². The van der Waals surface area contributed by atoms with Crippen LogP contribution in [0.5, 0.6) is 0 Å². The Bertz CT molecular complexity index is 1220. The third-order valence-corrected chi connectivity index (χ3v) is 6.53. The van der Waals surface area contributed by atoms with E-state index in [1.165, 1.54) is 17.3 Å². The number of carbonyl (C=O) groups is 1. The molecule has 178 valence electrons. The van der Waals surface area contributed by atoms with Crippen molar-refractivity contribution in [2.45, 2.75) is 38.8 Å². The van der Waals surface area contributed by atoms with Crippen molar-refractivity contribution >= 4 is 34.3 Å². The van der Waals surface area contributed by atoms with Crippen LogP contribution in [0, 0.1) is 10.1 Å². The molecule has 0 aliphatic carbocycles. The van der Waals surface area contributed by atoms with Crippen molar-refractivity contribution in [2.24, 2.45) is 0 Å². The summed E-state index contributed by atoms with van der Waals surface area (Å²) in [5.74, 6) is 0.530. The zero-order valence-corrected chi connectivity index (χ0v) is 19.0. The summed E-state index contributed by atoms with van der Waals surface area (Å²) in [6.45, 7) is 4.31. The smallest absolute Gasteiger partial charge is 0.409 e. The zero-order chi connectivity index (χ0) is 23.7. The van der Waals surface area contributed by atoms with Crippen molar-refractivity contribution in [2.75, 3.05) is 36.5 Å². The van der Waals surface area contributed by atoms with E-state index in [1.807, 2.05) is 23.1 Å². The van der Waals surface area contributed by atoms with E-state index in [9.17, 15) is 14.9 Å². The highest BCUT2D eigenvalue weighted by Crippen LogP contribution is 2.36. The molecule has 0 saturated carbocycles. The molecule has 2 aliphatic rings.